The van der Waals surface area contributed by atoms with Crippen molar-refractivity contribution in [2.24, 2.45) is 5.73 Å². The molecule has 2 atom stereocenters. The van der Waals surface area contributed by atoms with Gasteiger partial charge in [-0.1, -0.05) is 29.8 Å². The largest absolute Gasteiger partial charge is 0.373 e. The van der Waals surface area contributed by atoms with Crippen molar-refractivity contribution in [1.29, 1.82) is 0 Å². The maximum absolute atomic E-state index is 12.3. The minimum absolute atomic E-state index is 0.0461. The van der Waals surface area contributed by atoms with Crippen LogP contribution in [0.4, 0.5) is 0 Å². The first kappa shape index (κ1) is 14.0. The molecule has 1 amide bonds. The molecule has 1 saturated heterocycles. The molecule has 0 bridgehead atoms. The van der Waals surface area contributed by atoms with Crippen LogP contribution >= 0.6 is 0 Å². The smallest absolute Gasteiger partial charge is 0.227 e. The van der Waals surface area contributed by atoms with Gasteiger partial charge in [-0.2, -0.15) is 0 Å². The first-order valence-electron chi connectivity index (χ1n) is 6.77. The number of amides is 1. The predicted octanol–water partition coefficient (Wildman–Crippen LogP) is 1.11. The Morgan fingerprint density at radius 3 is 3.05 bits per heavy atom. The van der Waals surface area contributed by atoms with Gasteiger partial charge in [0.25, 0.3) is 0 Å². The van der Waals surface area contributed by atoms with Crippen LogP contribution in [0.5, 0.6) is 0 Å². The maximum atomic E-state index is 12.3. The van der Waals surface area contributed by atoms with Crippen LogP contribution in [0.3, 0.4) is 0 Å². The summed E-state index contributed by atoms with van der Waals surface area (Å²) in [5.74, 6) is 0.152. The SMILES string of the molecule is Cc1cccc(CC(=O)N2CCOC(C(C)N)C2)c1. The van der Waals surface area contributed by atoms with E-state index < -0.39 is 0 Å². The summed E-state index contributed by atoms with van der Waals surface area (Å²) >= 11 is 0. The van der Waals surface area contributed by atoms with E-state index in [4.69, 9.17) is 10.5 Å². The number of carbonyl (C=O) groups excluding carboxylic acids is 1. The number of hydrogen-bond acceptors (Lipinski definition) is 3. The third-order valence-electron chi connectivity index (χ3n) is 3.47. The third-order valence-corrected chi connectivity index (χ3v) is 3.47. The molecule has 1 aliphatic rings. The summed E-state index contributed by atoms with van der Waals surface area (Å²) in [6, 6.07) is 8.03. The zero-order valence-corrected chi connectivity index (χ0v) is 11.6. The van der Waals surface area contributed by atoms with E-state index in [-0.39, 0.29) is 18.1 Å². The minimum Gasteiger partial charge on any atom is -0.373 e. The van der Waals surface area contributed by atoms with Gasteiger partial charge in [0.05, 0.1) is 19.1 Å². The molecule has 1 aliphatic heterocycles. The molecule has 104 valence electrons. The van der Waals surface area contributed by atoms with Crippen molar-refractivity contribution >= 4 is 5.91 Å². The van der Waals surface area contributed by atoms with E-state index in [0.29, 0.717) is 26.1 Å². The molecule has 0 radical (unpaired) electrons. The number of hydrogen-bond donors (Lipinski definition) is 1. The number of aryl methyl sites for hydroxylation is 1. The highest BCUT2D eigenvalue weighted by Crippen LogP contribution is 2.11. The van der Waals surface area contributed by atoms with Gasteiger partial charge in [-0.15, -0.1) is 0 Å². The average molecular weight is 262 g/mol. The van der Waals surface area contributed by atoms with Gasteiger partial charge in [0.2, 0.25) is 5.91 Å². The van der Waals surface area contributed by atoms with Crippen molar-refractivity contribution in [3.63, 3.8) is 0 Å². The fraction of sp³-hybridized carbons (Fsp3) is 0.533. The first-order chi connectivity index (χ1) is 9.06. The van der Waals surface area contributed by atoms with Gasteiger partial charge in [-0.3, -0.25) is 4.79 Å². The molecule has 2 rings (SSSR count). The van der Waals surface area contributed by atoms with E-state index in [9.17, 15) is 4.79 Å². The van der Waals surface area contributed by atoms with Crippen LogP contribution < -0.4 is 5.73 Å². The van der Waals surface area contributed by atoms with Gasteiger partial charge >= 0.3 is 0 Å². The molecule has 0 saturated carbocycles. The Hall–Kier alpha value is -1.39. The minimum atomic E-state index is -0.0467. The Kier molecular flexibility index (Phi) is 4.56. The monoisotopic (exact) mass is 262 g/mol. The summed E-state index contributed by atoms with van der Waals surface area (Å²) in [6.07, 6.45) is 0.406. The fourth-order valence-electron chi connectivity index (χ4n) is 2.33. The van der Waals surface area contributed by atoms with Gasteiger partial charge in [-0.25, -0.2) is 0 Å². The van der Waals surface area contributed by atoms with Gasteiger partial charge in [0.15, 0.2) is 0 Å². The molecule has 1 heterocycles. The van der Waals surface area contributed by atoms with Crippen LogP contribution in [-0.2, 0) is 16.0 Å². The standard InChI is InChI=1S/C15H22N2O2/c1-11-4-3-5-13(8-11)9-15(18)17-6-7-19-14(10-17)12(2)16/h3-5,8,12,14H,6-7,9-10,16H2,1-2H3. The van der Waals surface area contributed by atoms with Crippen molar-refractivity contribution < 1.29 is 9.53 Å². The summed E-state index contributed by atoms with van der Waals surface area (Å²) in [6.45, 7) is 5.79. The lowest BCUT2D eigenvalue weighted by Crippen LogP contribution is -2.51. The first-order valence-corrected chi connectivity index (χ1v) is 6.77. The van der Waals surface area contributed by atoms with Crippen molar-refractivity contribution in [3.8, 4) is 0 Å². The van der Waals surface area contributed by atoms with E-state index in [1.54, 1.807) is 0 Å². The van der Waals surface area contributed by atoms with Gasteiger partial charge < -0.3 is 15.4 Å². The number of ether oxygens (including phenoxy) is 1. The average Bonchev–Trinajstić information content (AvgIpc) is 2.39. The van der Waals surface area contributed by atoms with Crippen molar-refractivity contribution in [1.82, 2.24) is 4.90 Å². The lowest BCUT2D eigenvalue weighted by atomic mass is 10.1. The summed E-state index contributed by atoms with van der Waals surface area (Å²) in [7, 11) is 0. The Morgan fingerprint density at radius 1 is 1.58 bits per heavy atom. The Morgan fingerprint density at radius 2 is 2.37 bits per heavy atom. The van der Waals surface area contributed by atoms with Crippen LogP contribution in [0.25, 0.3) is 0 Å². The van der Waals surface area contributed by atoms with Crippen LogP contribution in [0, 0.1) is 6.92 Å². The molecule has 1 aromatic carbocycles. The van der Waals surface area contributed by atoms with E-state index >= 15 is 0 Å². The third kappa shape index (κ3) is 3.78. The molecule has 2 N–H and O–H groups in total. The Labute approximate surface area is 114 Å². The molecule has 1 fully saturated rings. The van der Waals surface area contributed by atoms with E-state index in [0.717, 1.165) is 5.56 Å². The van der Waals surface area contributed by atoms with Crippen molar-refractivity contribution in [2.75, 3.05) is 19.7 Å². The number of nitrogens with zero attached hydrogens (tertiary/aromatic N) is 1. The topological polar surface area (TPSA) is 55.6 Å². The lowest BCUT2D eigenvalue weighted by Gasteiger charge is -2.34. The van der Waals surface area contributed by atoms with Gasteiger partial charge in [-0.05, 0) is 19.4 Å². The van der Waals surface area contributed by atoms with E-state index in [2.05, 4.69) is 6.07 Å². The molecule has 0 aliphatic carbocycles. The van der Waals surface area contributed by atoms with E-state index in [1.807, 2.05) is 36.9 Å². The molecule has 4 nitrogen and oxygen atoms in total. The Bertz CT molecular complexity index is 446. The van der Waals surface area contributed by atoms with Gasteiger partial charge in [0, 0.05) is 19.1 Å². The second-order valence-electron chi connectivity index (χ2n) is 5.27. The molecule has 1 aromatic rings. The van der Waals surface area contributed by atoms with Crippen molar-refractivity contribution in [3.05, 3.63) is 35.4 Å². The lowest BCUT2D eigenvalue weighted by molar-refractivity contribution is -0.138. The quantitative estimate of drug-likeness (QED) is 0.888. The van der Waals surface area contributed by atoms with Crippen LogP contribution in [-0.4, -0.2) is 42.6 Å². The summed E-state index contributed by atoms with van der Waals surface area (Å²) in [5, 5.41) is 0. The van der Waals surface area contributed by atoms with Crippen LogP contribution in [0.15, 0.2) is 24.3 Å². The van der Waals surface area contributed by atoms with E-state index in [1.165, 1.54) is 5.56 Å². The highest BCUT2D eigenvalue weighted by molar-refractivity contribution is 5.79. The summed E-state index contributed by atoms with van der Waals surface area (Å²) < 4.78 is 5.57. The van der Waals surface area contributed by atoms with Gasteiger partial charge in [0.1, 0.15) is 0 Å². The number of carbonyl (C=O) groups is 1. The second-order valence-corrected chi connectivity index (χ2v) is 5.27. The second kappa shape index (κ2) is 6.17. The zero-order valence-electron chi connectivity index (χ0n) is 11.6. The summed E-state index contributed by atoms with van der Waals surface area (Å²) in [5.41, 5.74) is 8.08. The molecule has 4 heteroatoms. The highest BCUT2D eigenvalue weighted by Gasteiger charge is 2.26. The van der Waals surface area contributed by atoms with Crippen LogP contribution in [0.1, 0.15) is 18.1 Å². The fourth-order valence-corrected chi connectivity index (χ4v) is 2.33. The molecular formula is C15H22N2O2. The van der Waals surface area contributed by atoms with Crippen LogP contribution in [0.2, 0.25) is 0 Å². The highest BCUT2D eigenvalue weighted by atomic mass is 16.5. The normalized spacial score (nSPS) is 21.2. The molecular weight excluding hydrogens is 240 g/mol. The number of benzene rings is 1. The predicted molar refractivity (Wildman–Crippen MR) is 74.9 cm³/mol. The molecule has 0 spiro atoms. The summed E-state index contributed by atoms with van der Waals surface area (Å²) in [4.78, 5) is 14.1. The molecule has 19 heavy (non-hydrogen) atoms. The Balaban J connectivity index is 1.96. The molecule has 2 unspecified atom stereocenters. The maximum Gasteiger partial charge on any atom is 0.227 e. The number of rotatable bonds is 3. The molecule has 0 aromatic heterocycles. The number of nitrogens with two attached hydrogens (primary N) is 1. The van der Waals surface area contributed by atoms with Crippen molar-refractivity contribution in [2.45, 2.75) is 32.4 Å². The number of morpholine rings is 1. The zero-order chi connectivity index (χ0) is 13.8.